The fourth-order valence-corrected chi connectivity index (χ4v) is 1.69. The van der Waals surface area contributed by atoms with Crippen LogP contribution in [0.25, 0.3) is 0 Å². The molecule has 0 aromatic carbocycles. The van der Waals surface area contributed by atoms with Crippen LogP contribution in [0, 0.1) is 5.92 Å². The Labute approximate surface area is 105 Å². The minimum absolute atomic E-state index is 0.0368. The van der Waals surface area contributed by atoms with Crippen molar-refractivity contribution in [3.63, 3.8) is 0 Å². The van der Waals surface area contributed by atoms with E-state index in [1.807, 2.05) is 0 Å². The van der Waals surface area contributed by atoms with Gasteiger partial charge in [0.15, 0.2) is 0 Å². The molecule has 0 bridgehead atoms. The fraction of sp³-hybridized carbons (Fsp3) is 0.727. The molecule has 1 aliphatic carbocycles. The van der Waals surface area contributed by atoms with E-state index < -0.39 is 17.5 Å². The van der Waals surface area contributed by atoms with Gasteiger partial charge in [0.2, 0.25) is 5.91 Å². The van der Waals surface area contributed by atoms with Crippen LogP contribution < -0.4 is 16.0 Å². The Morgan fingerprint density at radius 1 is 1.28 bits per heavy atom. The Morgan fingerprint density at radius 3 is 2.33 bits per heavy atom. The van der Waals surface area contributed by atoms with Crippen molar-refractivity contribution in [2.45, 2.75) is 32.2 Å². The van der Waals surface area contributed by atoms with E-state index in [1.54, 1.807) is 6.92 Å². The molecule has 1 saturated carbocycles. The van der Waals surface area contributed by atoms with Gasteiger partial charge in [0.05, 0.1) is 6.54 Å². The maximum atomic E-state index is 11.5. The molecular weight excluding hydrogens is 238 g/mol. The van der Waals surface area contributed by atoms with E-state index in [-0.39, 0.29) is 18.4 Å². The molecule has 0 aromatic rings. The first kappa shape index (κ1) is 14.3. The number of amides is 3. The number of hydrogen-bond donors (Lipinski definition) is 4. The van der Waals surface area contributed by atoms with E-state index in [1.165, 1.54) is 6.92 Å². The van der Waals surface area contributed by atoms with Crippen molar-refractivity contribution in [3.05, 3.63) is 0 Å². The van der Waals surface area contributed by atoms with Crippen LogP contribution in [0.2, 0.25) is 0 Å². The lowest BCUT2D eigenvalue weighted by Gasteiger charge is -2.26. The van der Waals surface area contributed by atoms with Gasteiger partial charge < -0.3 is 21.1 Å². The van der Waals surface area contributed by atoms with E-state index in [0.717, 1.165) is 12.8 Å². The highest BCUT2D eigenvalue weighted by Gasteiger charge is 2.48. The number of carbonyl (C=O) groups is 3. The maximum absolute atomic E-state index is 11.5. The van der Waals surface area contributed by atoms with Crippen LogP contribution >= 0.6 is 0 Å². The SMILES string of the molecule is CCNC(=O)CNC(=O)NC(C)(C(=O)O)C1CC1. The van der Waals surface area contributed by atoms with Crippen molar-refractivity contribution in [2.75, 3.05) is 13.1 Å². The van der Waals surface area contributed by atoms with Gasteiger partial charge in [0.1, 0.15) is 5.54 Å². The number of aliphatic carboxylic acids is 1. The van der Waals surface area contributed by atoms with Gasteiger partial charge in [-0.1, -0.05) is 0 Å². The van der Waals surface area contributed by atoms with Crippen molar-refractivity contribution >= 4 is 17.9 Å². The molecule has 1 aliphatic rings. The number of likely N-dealkylation sites (N-methyl/N-ethyl adjacent to an activating group) is 1. The van der Waals surface area contributed by atoms with Crippen molar-refractivity contribution in [3.8, 4) is 0 Å². The van der Waals surface area contributed by atoms with Crippen molar-refractivity contribution in [1.82, 2.24) is 16.0 Å². The molecule has 1 rings (SSSR count). The highest BCUT2D eigenvalue weighted by molar-refractivity contribution is 5.88. The van der Waals surface area contributed by atoms with Gasteiger partial charge in [0.25, 0.3) is 0 Å². The van der Waals surface area contributed by atoms with E-state index in [9.17, 15) is 14.4 Å². The monoisotopic (exact) mass is 257 g/mol. The van der Waals surface area contributed by atoms with E-state index >= 15 is 0 Å². The first-order chi connectivity index (χ1) is 8.40. The first-order valence-corrected chi connectivity index (χ1v) is 5.96. The number of urea groups is 1. The topological polar surface area (TPSA) is 108 Å². The van der Waals surface area contributed by atoms with Crippen LogP contribution in [0.5, 0.6) is 0 Å². The summed E-state index contributed by atoms with van der Waals surface area (Å²) in [5.41, 5.74) is -1.26. The molecule has 1 unspecified atom stereocenters. The normalized spacial score (nSPS) is 17.4. The first-order valence-electron chi connectivity index (χ1n) is 5.96. The third kappa shape index (κ3) is 3.61. The summed E-state index contributed by atoms with van der Waals surface area (Å²) >= 11 is 0. The van der Waals surface area contributed by atoms with Crippen LogP contribution in [0.15, 0.2) is 0 Å². The lowest BCUT2D eigenvalue weighted by atomic mass is 9.96. The van der Waals surface area contributed by atoms with E-state index in [0.29, 0.717) is 6.54 Å². The standard InChI is InChI=1S/C11H19N3O4/c1-3-12-8(15)6-13-10(18)14-11(2,9(16)17)7-4-5-7/h7H,3-6H2,1-2H3,(H,12,15)(H,16,17)(H2,13,14,18). The number of carboxylic acid groups (broad SMARTS) is 1. The third-order valence-electron chi connectivity index (χ3n) is 2.99. The minimum atomic E-state index is -1.26. The van der Waals surface area contributed by atoms with Gasteiger partial charge in [-0.3, -0.25) is 4.79 Å². The zero-order valence-electron chi connectivity index (χ0n) is 10.6. The molecule has 0 radical (unpaired) electrons. The highest BCUT2D eigenvalue weighted by atomic mass is 16.4. The predicted molar refractivity (Wildman–Crippen MR) is 64.0 cm³/mol. The predicted octanol–water partition coefficient (Wildman–Crippen LogP) is -0.325. The summed E-state index contributed by atoms with van der Waals surface area (Å²) in [7, 11) is 0. The van der Waals surface area contributed by atoms with Crippen LogP contribution in [0.1, 0.15) is 26.7 Å². The molecule has 7 heteroatoms. The largest absolute Gasteiger partial charge is 0.480 e. The Bertz CT molecular complexity index is 354. The Balaban J connectivity index is 2.43. The van der Waals surface area contributed by atoms with Crippen LogP contribution in [0.3, 0.4) is 0 Å². The second-order valence-corrected chi connectivity index (χ2v) is 4.54. The lowest BCUT2D eigenvalue weighted by molar-refractivity contribution is -0.144. The molecule has 0 saturated heterocycles. The number of nitrogens with one attached hydrogen (secondary N) is 3. The Hall–Kier alpha value is -1.79. The smallest absolute Gasteiger partial charge is 0.329 e. The van der Waals surface area contributed by atoms with Gasteiger partial charge >= 0.3 is 12.0 Å². The Kier molecular flexibility index (Phi) is 4.52. The molecule has 0 heterocycles. The molecule has 1 atom stereocenters. The van der Waals surface area contributed by atoms with Crippen LogP contribution in [-0.2, 0) is 9.59 Å². The van der Waals surface area contributed by atoms with Gasteiger partial charge in [-0.25, -0.2) is 9.59 Å². The van der Waals surface area contributed by atoms with Gasteiger partial charge in [-0.2, -0.15) is 0 Å². The average Bonchev–Trinajstić information content (AvgIpc) is 3.10. The molecule has 1 fully saturated rings. The van der Waals surface area contributed by atoms with Crippen molar-refractivity contribution in [2.24, 2.45) is 5.92 Å². The molecule has 18 heavy (non-hydrogen) atoms. The Morgan fingerprint density at radius 2 is 1.89 bits per heavy atom. The van der Waals surface area contributed by atoms with Crippen LogP contribution in [0.4, 0.5) is 4.79 Å². The zero-order chi connectivity index (χ0) is 13.8. The molecule has 0 aliphatic heterocycles. The summed E-state index contributed by atoms with van der Waals surface area (Å²) in [5, 5.41) is 16.4. The van der Waals surface area contributed by atoms with Crippen molar-refractivity contribution in [1.29, 1.82) is 0 Å². The quantitative estimate of drug-likeness (QED) is 0.522. The van der Waals surface area contributed by atoms with Gasteiger partial charge in [-0.15, -0.1) is 0 Å². The highest BCUT2D eigenvalue weighted by Crippen LogP contribution is 2.39. The lowest BCUT2D eigenvalue weighted by Crippen LogP contribution is -2.57. The number of rotatable bonds is 6. The molecule has 4 N–H and O–H groups in total. The maximum Gasteiger partial charge on any atom is 0.329 e. The minimum Gasteiger partial charge on any atom is -0.480 e. The second-order valence-electron chi connectivity index (χ2n) is 4.54. The summed E-state index contributed by atoms with van der Waals surface area (Å²) in [5.74, 6) is -1.40. The molecule has 0 aromatic heterocycles. The van der Waals surface area contributed by atoms with E-state index in [4.69, 9.17) is 5.11 Å². The van der Waals surface area contributed by atoms with Crippen molar-refractivity contribution < 1.29 is 19.5 Å². The summed E-state index contributed by atoms with van der Waals surface area (Å²) in [6.07, 6.45) is 1.58. The number of carboxylic acids is 1. The average molecular weight is 257 g/mol. The molecule has 7 nitrogen and oxygen atoms in total. The third-order valence-corrected chi connectivity index (χ3v) is 2.99. The van der Waals surface area contributed by atoms with Crippen LogP contribution in [-0.4, -0.2) is 41.6 Å². The van der Waals surface area contributed by atoms with E-state index in [2.05, 4.69) is 16.0 Å². The number of carbonyl (C=O) groups excluding carboxylic acids is 2. The summed E-state index contributed by atoms with van der Waals surface area (Å²) in [6, 6.07) is -0.641. The summed E-state index contributed by atoms with van der Waals surface area (Å²) in [4.78, 5) is 33.8. The van der Waals surface area contributed by atoms with Gasteiger partial charge in [0, 0.05) is 6.54 Å². The molecular formula is C11H19N3O4. The summed E-state index contributed by atoms with van der Waals surface area (Å²) in [6.45, 7) is 3.57. The number of hydrogen-bond acceptors (Lipinski definition) is 3. The molecule has 0 spiro atoms. The second kappa shape index (κ2) is 5.70. The zero-order valence-corrected chi connectivity index (χ0v) is 10.6. The fourth-order valence-electron chi connectivity index (χ4n) is 1.69. The molecule has 3 amide bonds. The summed E-state index contributed by atoms with van der Waals surface area (Å²) < 4.78 is 0. The van der Waals surface area contributed by atoms with Gasteiger partial charge in [-0.05, 0) is 32.6 Å². The molecule has 102 valence electrons.